The zero-order chi connectivity index (χ0) is 22.4. The summed E-state index contributed by atoms with van der Waals surface area (Å²) in [5, 5.41) is 18.0. The Bertz CT molecular complexity index is 995. The second-order valence-electron chi connectivity index (χ2n) is 8.33. The van der Waals surface area contributed by atoms with Crippen molar-refractivity contribution in [3.8, 4) is 0 Å². The number of carbonyl (C=O) groups excluding carboxylic acids is 1. The maximum absolute atomic E-state index is 13.2. The van der Waals surface area contributed by atoms with Crippen LogP contribution in [0, 0.1) is 12.3 Å². The minimum absolute atomic E-state index is 0.00123. The van der Waals surface area contributed by atoms with Crippen LogP contribution in [0.3, 0.4) is 0 Å². The van der Waals surface area contributed by atoms with Crippen molar-refractivity contribution in [2.75, 3.05) is 0 Å². The minimum atomic E-state index is -0.737. The molecular weight excluding hydrogens is 410 g/mol. The van der Waals surface area contributed by atoms with E-state index in [1.807, 2.05) is 75.0 Å². The molecule has 3 aromatic rings. The topological polar surface area (TPSA) is 77.2 Å². The number of aryl methyl sites for hydroxylation is 3. The van der Waals surface area contributed by atoms with Gasteiger partial charge >= 0.3 is 5.97 Å². The Labute approximate surface area is 187 Å². The van der Waals surface area contributed by atoms with Crippen molar-refractivity contribution >= 4 is 17.3 Å². The third kappa shape index (κ3) is 5.60. The van der Waals surface area contributed by atoms with Gasteiger partial charge in [0.05, 0.1) is 17.7 Å². The summed E-state index contributed by atoms with van der Waals surface area (Å²) >= 11 is 1.64. The van der Waals surface area contributed by atoms with Gasteiger partial charge in [0.2, 0.25) is 0 Å². The van der Waals surface area contributed by atoms with Crippen LogP contribution in [0.2, 0.25) is 0 Å². The molecule has 0 radical (unpaired) electrons. The summed E-state index contributed by atoms with van der Waals surface area (Å²) in [6, 6.07) is 11.7. The standard InChI is InChI=1S/C24H31N3O3S/c1-5-27-14-20(25-26-27)11-12-21(22-13-19(15-28)17(2)31-22)24(3,4)23(29)30-16-18-9-7-6-8-10-18/h6-10,13-14,21,28H,5,11-12,15-16H2,1-4H3/t21-/m0/s1. The fourth-order valence-electron chi connectivity index (χ4n) is 3.68. The lowest BCUT2D eigenvalue weighted by Crippen LogP contribution is -2.33. The van der Waals surface area contributed by atoms with Crippen LogP contribution in [0.1, 0.15) is 59.7 Å². The number of esters is 1. The van der Waals surface area contributed by atoms with Gasteiger partial charge in [-0.3, -0.25) is 9.48 Å². The van der Waals surface area contributed by atoms with Crippen LogP contribution >= 0.6 is 11.3 Å². The van der Waals surface area contributed by atoms with E-state index in [4.69, 9.17) is 4.74 Å². The molecule has 0 aliphatic rings. The van der Waals surface area contributed by atoms with E-state index in [-0.39, 0.29) is 25.1 Å². The van der Waals surface area contributed by atoms with Crippen molar-refractivity contribution in [2.45, 2.75) is 66.2 Å². The van der Waals surface area contributed by atoms with Crippen molar-refractivity contribution in [2.24, 2.45) is 5.41 Å². The summed E-state index contributed by atoms with van der Waals surface area (Å²) in [6.45, 7) is 8.95. The largest absolute Gasteiger partial charge is 0.460 e. The lowest BCUT2D eigenvalue weighted by Gasteiger charge is -2.31. The lowest BCUT2D eigenvalue weighted by molar-refractivity contribution is -0.156. The molecule has 0 fully saturated rings. The second-order valence-corrected chi connectivity index (χ2v) is 9.62. The molecule has 1 N–H and O–H groups in total. The molecule has 6 nitrogen and oxygen atoms in total. The monoisotopic (exact) mass is 441 g/mol. The molecule has 1 aromatic carbocycles. The van der Waals surface area contributed by atoms with Gasteiger partial charge in [0.25, 0.3) is 0 Å². The predicted octanol–water partition coefficient (Wildman–Crippen LogP) is 4.65. The molecule has 2 aromatic heterocycles. The summed E-state index contributed by atoms with van der Waals surface area (Å²) < 4.78 is 7.52. The van der Waals surface area contributed by atoms with E-state index in [1.54, 1.807) is 11.3 Å². The van der Waals surface area contributed by atoms with Crippen LogP contribution in [0.4, 0.5) is 0 Å². The van der Waals surface area contributed by atoms with Crippen molar-refractivity contribution in [1.29, 1.82) is 0 Å². The van der Waals surface area contributed by atoms with Crippen LogP contribution < -0.4 is 0 Å². The Kier molecular flexibility index (Phi) is 7.62. The zero-order valence-electron chi connectivity index (χ0n) is 18.7. The molecule has 0 amide bonds. The first-order valence-corrected chi connectivity index (χ1v) is 11.5. The number of rotatable bonds is 10. The third-order valence-corrected chi connectivity index (χ3v) is 6.97. The van der Waals surface area contributed by atoms with Crippen molar-refractivity contribution in [3.63, 3.8) is 0 Å². The highest BCUT2D eigenvalue weighted by molar-refractivity contribution is 7.12. The second kappa shape index (κ2) is 10.2. The van der Waals surface area contributed by atoms with Gasteiger partial charge in [0, 0.05) is 28.4 Å². The van der Waals surface area contributed by atoms with Crippen LogP contribution in [-0.2, 0) is 35.7 Å². The van der Waals surface area contributed by atoms with Crippen molar-refractivity contribution in [3.05, 3.63) is 69.2 Å². The van der Waals surface area contributed by atoms with E-state index >= 15 is 0 Å². The Hall–Kier alpha value is -2.51. The average molecular weight is 442 g/mol. The van der Waals surface area contributed by atoms with Gasteiger partial charge in [0.1, 0.15) is 6.61 Å². The molecule has 31 heavy (non-hydrogen) atoms. The maximum atomic E-state index is 13.2. The van der Waals surface area contributed by atoms with Gasteiger partial charge in [-0.2, -0.15) is 0 Å². The van der Waals surface area contributed by atoms with Gasteiger partial charge in [-0.15, -0.1) is 16.4 Å². The number of hydrogen-bond acceptors (Lipinski definition) is 6. The Balaban J connectivity index is 1.80. The molecule has 0 aliphatic carbocycles. The van der Waals surface area contributed by atoms with Crippen LogP contribution in [0.15, 0.2) is 42.6 Å². The molecule has 2 heterocycles. The summed E-state index contributed by atoms with van der Waals surface area (Å²) in [5.41, 5.74) is 2.06. The molecule has 0 unspecified atom stereocenters. The lowest BCUT2D eigenvalue weighted by atomic mass is 9.75. The fourth-order valence-corrected chi connectivity index (χ4v) is 5.05. The van der Waals surface area contributed by atoms with Gasteiger partial charge in [-0.1, -0.05) is 35.5 Å². The summed E-state index contributed by atoms with van der Waals surface area (Å²) in [7, 11) is 0. The zero-order valence-corrected chi connectivity index (χ0v) is 19.5. The Morgan fingerprint density at radius 2 is 2.03 bits per heavy atom. The van der Waals surface area contributed by atoms with Crippen molar-refractivity contribution in [1.82, 2.24) is 15.0 Å². The third-order valence-electron chi connectivity index (χ3n) is 5.76. The molecular formula is C24H31N3O3S. The van der Waals surface area contributed by atoms with E-state index in [9.17, 15) is 9.90 Å². The van der Waals surface area contributed by atoms with Crippen LogP contribution in [0.25, 0.3) is 0 Å². The number of thiophene rings is 1. The number of aromatic nitrogens is 3. The smallest absolute Gasteiger partial charge is 0.312 e. The van der Waals surface area contributed by atoms with E-state index in [0.29, 0.717) is 6.42 Å². The normalized spacial score (nSPS) is 12.7. The van der Waals surface area contributed by atoms with Crippen LogP contribution in [0.5, 0.6) is 0 Å². The van der Waals surface area contributed by atoms with E-state index in [1.165, 1.54) is 0 Å². The number of ether oxygens (including phenoxy) is 1. The molecule has 0 saturated carbocycles. The van der Waals surface area contributed by atoms with E-state index < -0.39 is 5.41 Å². The SMILES string of the molecule is CCn1cc(CC[C@@H](c2cc(CO)c(C)s2)C(C)(C)C(=O)OCc2ccccc2)nn1. The predicted molar refractivity (Wildman–Crippen MR) is 122 cm³/mol. The number of aliphatic hydroxyl groups excluding tert-OH is 1. The molecule has 7 heteroatoms. The number of nitrogens with zero attached hydrogens (tertiary/aromatic N) is 3. The molecule has 0 aliphatic heterocycles. The molecule has 1 atom stereocenters. The van der Waals surface area contributed by atoms with E-state index in [2.05, 4.69) is 10.3 Å². The summed E-state index contributed by atoms with van der Waals surface area (Å²) in [4.78, 5) is 15.3. The molecule has 0 saturated heterocycles. The Morgan fingerprint density at radius 3 is 2.65 bits per heavy atom. The van der Waals surface area contributed by atoms with Gasteiger partial charge in [0.15, 0.2) is 0 Å². The highest BCUT2D eigenvalue weighted by Gasteiger charge is 2.40. The fraction of sp³-hybridized carbons (Fsp3) is 0.458. The van der Waals surface area contributed by atoms with E-state index in [0.717, 1.165) is 39.5 Å². The number of hydrogen-bond donors (Lipinski definition) is 1. The molecule has 0 bridgehead atoms. The number of aliphatic hydroxyl groups is 1. The van der Waals surface area contributed by atoms with Crippen LogP contribution in [-0.4, -0.2) is 26.1 Å². The number of carbonyl (C=O) groups is 1. The highest BCUT2D eigenvalue weighted by atomic mass is 32.1. The quantitative estimate of drug-likeness (QED) is 0.464. The minimum Gasteiger partial charge on any atom is -0.460 e. The average Bonchev–Trinajstić information content (AvgIpc) is 3.38. The summed E-state index contributed by atoms with van der Waals surface area (Å²) in [6.07, 6.45) is 3.41. The molecule has 0 spiro atoms. The van der Waals surface area contributed by atoms with Gasteiger partial charge in [-0.25, -0.2) is 0 Å². The maximum Gasteiger partial charge on any atom is 0.312 e. The number of benzene rings is 1. The first-order valence-electron chi connectivity index (χ1n) is 10.6. The summed E-state index contributed by atoms with van der Waals surface area (Å²) in [5.74, 6) is -0.290. The first kappa shape index (κ1) is 23.2. The van der Waals surface area contributed by atoms with Gasteiger partial charge in [-0.05, 0) is 57.7 Å². The molecule has 166 valence electrons. The first-order chi connectivity index (χ1) is 14.8. The van der Waals surface area contributed by atoms with Gasteiger partial charge < -0.3 is 9.84 Å². The highest BCUT2D eigenvalue weighted by Crippen LogP contribution is 2.43. The Morgan fingerprint density at radius 1 is 1.29 bits per heavy atom. The molecule has 3 rings (SSSR count). The van der Waals surface area contributed by atoms with Crippen molar-refractivity contribution < 1.29 is 14.6 Å².